The van der Waals surface area contributed by atoms with Gasteiger partial charge < -0.3 is 15.5 Å². The van der Waals surface area contributed by atoms with Crippen LogP contribution in [0.15, 0.2) is 0 Å². The van der Waals surface area contributed by atoms with Crippen molar-refractivity contribution in [2.24, 2.45) is 5.92 Å². The van der Waals surface area contributed by atoms with Crippen molar-refractivity contribution in [3.8, 4) is 0 Å². The van der Waals surface area contributed by atoms with Gasteiger partial charge in [-0.1, -0.05) is 27.2 Å². The molecule has 1 saturated heterocycles. The maximum atomic E-state index is 12.3. The largest absolute Gasteiger partial charge is 0.347 e. The summed E-state index contributed by atoms with van der Waals surface area (Å²) in [6.45, 7) is 10.1. The van der Waals surface area contributed by atoms with Crippen LogP contribution >= 0.6 is 0 Å². The van der Waals surface area contributed by atoms with E-state index < -0.39 is 0 Å². The first-order chi connectivity index (χ1) is 9.38. The predicted octanol–water partition coefficient (Wildman–Crippen LogP) is 0.502. The number of nitrogens with zero attached hydrogens (tertiary/aromatic N) is 2. The summed E-state index contributed by atoms with van der Waals surface area (Å²) in [7, 11) is 0. The highest BCUT2D eigenvalue weighted by Gasteiger charge is 2.33. The fraction of sp³-hybridized carbons (Fsp3) is 0.867. The number of amides is 2. The first-order valence-electron chi connectivity index (χ1n) is 7.79. The molecule has 0 aromatic rings. The summed E-state index contributed by atoms with van der Waals surface area (Å²) in [4.78, 5) is 28.2. The lowest BCUT2D eigenvalue weighted by atomic mass is 10.0. The quantitative estimate of drug-likeness (QED) is 0.799. The van der Waals surface area contributed by atoms with E-state index >= 15 is 0 Å². The van der Waals surface area contributed by atoms with Gasteiger partial charge in [0.25, 0.3) is 5.91 Å². The van der Waals surface area contributed by atoms with Gasteiger partial charge in [-0.3, -0.25) is 9.59 Å². The molecule has 0 saturated carbocycles. The van der Waals surface area contributed by atoms with Crippen LogP contribution in [0.4, 0.5) is 0 Å². The van der Waals surface area contributed by atoms with Crippen molar-refractivity contribution in [3.63, 3.8) is 0 Å². The van der Waals surface area contributed by atoms with Crippen molar-refractivity contribution in [1.29, 1.82) is 0 Å². The molecule has 1 aliphatic rings. The zero-order valence-corrected chi connectivity index (χ0v) is 13.4. The van der Waals surface area contributed by atoms with Gasteiger partial charge in [0.1, 0.15) is 0 Å². The smallest absolute Gasteiger partial charge is 0.281 e. The Morgan fingerprint density at radius 2 is 1.95 bits per heavy atom. The minimum absolute atomic E-state index is 0.108. The third-order valence-corrected chi connectivity index (χ3v) is 4.13. The van der Waals surface area contributed by atoms with Crippen molar-refractivity contribution in [2.45, 2.75) is 59.0 Å². The van der Waals surface area contributed by atoms with E-state index in [-0.39, 0.29) is 29.8 Å². The second-order valence-electron chi connectivity index (χ2n) is 6.17. The van der Waals surface area contributed by atoms with Crippen LogP contribution in [-0.4, -0.2) is 53.3 Å². The lowest BCUT2D eigenvalue weighted by Gasteiger charge is -2.40. The number of hydrogen-bond acceptors (Lipinski definition) is 2. The van der Waals surface area contributed by atoms with Gasteiger partial charge in [0, 0.05) is 38.0 Å². The molecule has 0 radical (unpaired) electrons. The standard InChI is InChI=1S/C15H29N3O2/c1-5-6-7-13(19)18-9-8-17(10-12(18)4)15(20)14(16)11(2)3/h11-12,14H,5-10,16H2,1-4H3/p+1/t12-,14+/m1/s1. The van der Waals surface area contributed by atoms with Gasteiger partial charge in [-0.15, -0.1) is 0 Å². The minimum atomic E-state index is -0.190. The summed E-state index contributed by atoms with van der Waals surface area (Å²) in [6.07, 6.45) is 2.61. The van der Waals surface area contributed by atoms with Crippen LogP contribution in [0.2, 0.25) is 0 Å². The van der Waals surface area contributed by atoms with E-state index in [4.69, 9.17) is 0 Å². The number of quaternary nitrogens is 1. The predicted molar refractivity (Wildman–Crippen MR) is 78.8 cm³/mol. The Balaban J connectivity index is 2.54. The maximum absolute atomic E-state index is 12.3. The molecule has 2 atom stereocenters. The van der Waals surface area contributed by atoms with Crippen LogP contribution in [0, 0.1) is 5.92 Å². The third-order valence-electron chi connectivity index (χ3n) is 4.13. The average Bonchev–Trinajstić information content (AvgIpc) is 2.42. The second-order valence-corrected chi connectivity index (χ2v) is 6.17. The number of unbranched alkanes of at least 4 members (excludes halogenated alkanes) is 1. The minimum Gasteiger partial charge on any atom is -0.347 e. The van der Waals surface area contributed by atoms with E-state index in [1.807, 2.05) is 30.6 Å². The summed E-state index contributed by atoms with van der Waals surface area (Å²) in [6, 6.07) is -0.0824. The zero-order chi connectivity index (χ0) is 15.3. The van der Waals surface area contributed by atoms with Crippen molar-refractivity contribution in [1.82, 2.24) is 9.80 Å². The molecule has 0 unspecified atom stereocenters. The molecule has 20 heavy (non-hydrogen) atoms. The molecule has 1 fully saturated rings. The summed E-state index contributed by atoms with van der Waals surface area (Å²) in [5.74, 6) is 0.594. The molecule has 0 aliphatic carbocycles. The molecule has 1 aliphatic heterocycles. The molecule has 3 N–H and O–H groups in total. The highest BCUT2D eigenvalue weighted by Crippen LogP contribution is 2.14. The van der Waals surface area contributed by atoms with Crippen molar-refractivity contribution in [3.05, 3.63) is 0 Å². The van der Waals surface area contributed by atoms with Gasteiger partial charge >= 0.3 is 0 Å². The molecule has 2 amide bonds. The van der Waals surface area contributed by atoms with Crippen molar-refractivity contribution in [2.75, 3.05) is 19.6 Å². The molecule has 116 valence electrons. The number of carbonyl (C=O) groups excluding carboxylic acids is 2. The van der Waals surface area contributed by atoms with E-state index in [2.05, 4.69) is 12.7 Å². The molecule has 0 aromatic carbocycles. The lowest BCUT2D eigenvalue weighted by Crippen LogP contribution is -2.71. The van der Waals surface area contributed by atoms with Gasteiger partial charge in [-0.25, -0.2) is 0 Å². The van der Waals surface area contributed by atoms with Crippen molar-refractivity contribution >= 4 is 11.8 Å². The number of rotatable bonds is 5. The van der Waals surface area contributed by atoms with Gasteiger partial charge in [-0.05, 0) is 13.3 Å². The summed E-state index contributed by atoms with van der Waals surface area (Å²) in [5, 5.41) is 0. The summed E-state index contributed by atoms with van der Waals surface area (Å²) in [5.41, 5.74) is 3.96. The number of carbonyl (C=O) groups is 2. The second kappa shape index (κ2) is 7.62. The molecule has 1 heterocycles. The third kappa shape index (κ3) is 4.20. The lowest BCUT2D eigenvalue weighted by molar-refractivity contribution is -0.416. The Kier molecular flexibility index (Phi) is 6.46. The molecule has 0 aromatic heterocycles. The topological polar surface area (TPSA) is 68.3 Å². The molecule has 0 spiro atoms. The zero-order valence-electron chi connectivity index (χ0n) is 13.4. The van der Waals surface area contributed by atoms with E-state index in [0.717, 1.165) is 12.8 Å². The normalized spacial score (nSPS) is 21.2. The van der Waals surface area contributed by atoms with E-state index in [1.54, 1.807) is 0 Å². The maximum Gasteiger partial charge on any atom is 0.281 e. The highest BCUT2D eigenvalue weighted by molar-refractivity contribution is 5.81. The Hall–Kier alpha value is -1.10. The van der Waals surface area contributed by atoms with Crippen LogP contribution in [0.3, 0.4) is 0 Å². The Morgan fingerprint density at radius 1 is 1.30 bits per heavy atom. The first-order valence-corrected chi connectivity index (χ1v) is 7.79. The molecule has 5 nitrogen and oxygen atoms in total. The van der Waals surface area contributed by atoms with Gasteiger partial charge in [0.15, 0.2) is 6.04 Å². The van der Waals surface area contributed by atoms with Crippen LogP contribution in [0.5, 0.6) is 0 Å². The van der Waals surface area contributed by atoms with Crippen LogP contribution in [0.1, 0.15) is 47.0 Å². The van der Waals surface area contributed by atoms with Crippen LogP contribution in [0.25, 0.3) is 0 Å². The van der Waals surface area contributed by atoms with E-state index in [9.17, 15) is 9.59 Å². The molecule has 0 bridgehead atoms. The molecular weight excluding hydrogens is 254 g/mol. The monoisotopic (exact) mass is 284 g/mol. The van der Waals surface area contributed by atoms with E-state index in [1.165, 1.54) is 0 Å². The first kappa shape index (κ1) is 17.0. The fourth-order valence-corrected chi connectivity index (χ4v) is 2.52. The van der Waals surface area contributed by atoms with E-state index in [0.29, 0.717) is 26.1 Å². The number of piperazine rings is 1. The van der Waals surface area contributed by atoms with Crippen LogP contribution < -0.4 is 5.73 Å². The van der Waals surface area contributed by atoms with Gasteiger partial charge in [0.05, 0.1) is 0 Å². The molecular formula is C15H30N3O2+. The Morgan fingerprint density at radius 3 is 2.45 bits per heavy atom. The fourth-order valence-electron chi connectivity index (χ4n) is 2.52. The Labute approximate surface area is 122 Å². The SMILES string of the molecule is CCCCC(=O)N1CCN(C(=O)[C@@H]([NH3+])C(C)C)C[C@H]1C. The molecule has 1 rings (SSSR count). The average molecular weight is 284 g/mol. The van der Waals surface area contributed by atoms with Crippen molar-refractivity contribution < 1.29 is 15.3 Å². The molecule has 5 heteroatoms. The summed E-state index contributed by atoms with van der Waals surface area (Å²) >= 11 is 0. The van der Waals surface area contributed by atoms with Gasteiger partial charge in [0.2, 0.25) is 5.91 Å². The number of hydrogen-bond donors (Lipinski definition) is 1. The summed E-state index contributed by atoms with van der Waals surface area (Å²) < 4.78 is 0. The van der Waals surface area contributed by atoms with Gasteiger partial charge in [-0.2, -0.15) is 0 Å². The highest BCUT2D eigenvalue weighted by atomic mass is 16.2. The van der Waals surface area contributed by atoms with Crippen LogP contribution in [-0.2, 0) is 9.59 Å². The Bertz CT molecular complexity index is 344.